The third-order valence-corrected chi connectivity index (χ3v) is 3.73. The summed E-state index contributed by atoms with van der Waals surface area (Å²) in [6, 6.07) is -0.722. The summed E-state index contributed by atoms with van der Waals surface area (Å²) in [6.45, 7) is 0.0433. The molecule has 0 radical (unpaired) electrons. The first-order valence-electron chi connectivity index (χ1n) is 4.39. The summed E-state index contributed by atoms with van der Waals surface area (Å²) in [5.74, 6) is 0.150. The van der Waals surface area contributed by atoms with Crippen molar-refractivity contribution in [2.24, 2.45) is 0 Å². The molecule has 82 valence electrons. The van der Waals surface area contributed by atoms with Crippen molar-refractivity contribution in [1.82, 2.24) is 10.6 Å². The number of aliphatic hydroxyl groups excluding tert-OH is 1. The van der Waals surface area contributed by atoms with E-state index in [0.717, 1.165) is 0 Å². The molecule has 2 amide bonds. The number of amides is 2. The summed E-state index contributed by atoms with van der Waals surface area (Å²) in [7, 11) is -2.95. The molecular formula is C7H14N2O4S. The van der Waals surface area contributed by atoms with Crippen LogP contribution in [0.4, 0.5) is 4.79 Å². The minimum Gasteiger partial charge on any atom is -0.395 e. The van der Waals surface area contributed by atoms with Crippen molar-refractivity contribution < 1.29 is 18.3 Å². The second-order valence-corrected chi connectivity index (χ2v) is 5.45. The molecule has 1 saturated heterocycles. The normalized spacial score (nSPS) is 24.5. The second kappa shape index (κ2) is 4.61. The summed E-state index contributed by atoms with van der Waals surface area (Å²) >= 11 is 0. The standard InChI is InChI=1S/C7H14N2O4S/c10-3-2-8-7(11)9-6-1-4-14(12,13)5-6/h6,10H,1-5H2,(H2,8,9,11). The summed E-state index contributed by atoms with van der Waals surface area (Å²) in [5, 5.41) is 13.3. The first kappa shape index (κ1) is 11.3. The predicted octanol–water partition coefficient (Wildman–Crippen LogP) is -1.53. The minimum absolute atomic E-state index is 0.0134. The van der Waals surface area contributed by atoms with Crippen LogP contribution in [0.5, 0.6) is 0 Å². The second-order valence-electron chi connectivity index (χ2n) is 3.22. The molecule has 6 nitrogen and oxygen atoms in total. The van der Waals surface area contributed by atoms with Crippen molar-refractivity contribution in [3.05, 3.63) is 0 Å². The number of carbonyl (C=O) groups excluding carboxylic acids is 1. The van der Waals surface area contributed by atoms with Gasteiger partial charge in [0.05, 0.1) is 18.1 Å². The molecule has 1 aliphatic heterocycles. The first-order chi connectivity index (χ1) is 6.53. The van der Waals surface area contributed by atoms with E-state index in [1.54, 1.807) is 0 Å². The quantitative estimate of drug-likeness (QED) is 0.539. The van der Waals surface area contributed by atoms with Gasteiger partial charge in [0.15, 0.2) is 9.84 Å². The Kier molecular flexibility index (Phi) is 3.70. The van der Waals surface area contributed by atoms with E-state index in [1.165, 1.54) is 0 Å². The highest BCUT2D eigenvalue weighted by atomic mass is 32.2. The van der Waals surface area contributed by atoms with E-state index < -0.39 is 15.9 Å². The van der Waals surface area contributed by atoms with Gasteiger partial charge in [-0.2, -0.15) is 0 Å². The van der Waals surface area contributed by atoms with E-state index in [-0.39, 0.29) is 30.7 Å². The van der Waals surface area contributed by atoms with Crippen LogP contribution in [0.2, 0.25) is 0 Å². The molecule has 1 rings (SSSR count). The highest BCUT2D eigenvalue weighted by molar-refractivity contribution is 7.91. The SMILES string of the molecule is O=C(NCCO)NC1CCS(=O)(=O)C1. The summed E-state index contributed by atoms with van der Waals surface area (Å²) < 4.78 is 22.0. The molecule has 0 aliphatic carbocycles. The van der Waals surface area contributed by atoms with Gasteiger partial charge in [-0.25, -0.2) is 13.2 Å². The van der Waals surface area contributed by atoms with Crippen LogP contribution in [0.1, 0.15) is 6.42 Å². The fourth-order valence-electron chi connectivity index (χ4n) is 1.31. The number of rotatable bonds is 3. The average Bonchev–Trinajstić information content (AvgIpc) is 2.42. The summed E-state index contributed by atoms with van der Waals surface area (Å²) in [6.07, 6.45) is 0.467. The van der Waals surface area contributed by atoms with Crippen molar-refractivity contribution in [3.8, 4) is 0 Å². The highest BCUT2D eigenvalue weighted by Gasteiger charge is 2.28. The van der Waals surface area contributed by atoms with Crippen molar-refractivity contribution in [1.29, 1.82) is 0 Å². The van der Waals surface area contributed by atoms with Gasteiger partial charge < -0.3 is 15.7 Å². The number of hydrogen-bond acceptors (Lipinski definition) is 4. The Balaban J connectivity index is 2.29. The van der Waals surface area contributed by atoms with Crippen molar-refractivity contribution in [2.75, 3.05) is 24.7 Å². The summed E-state index contributed by atoms with van der Waals surface area (Å²) in [5.41, 5.74) is 0. The van der Waals surface area contributed by atoms with Crippen LogP contribution < -0.4 is 10.6 Å². The number of aliphatic hydroxyl groups is 1. The van der Waals surface area contributed by atoms with Gasteiger partial charge in [-0.3, -0.25) is 0 Å². The highest BCUT2D eigenvalue weighted by Crippen LogP contribution is 2.10. The maximum atomic E-state index is 11.0. The Morgan fingerprint density at radius 2 is 2.21 bits per heavy atom. The molecule has 7 heteroatoms. The van der Waals surface area contributed by atoms with E-state index in [1.807, 2.05) is 0 Å². The van der Waals surface area contributed by atoms with Crippen LogP contribution in [0, 0.1) is 0 Å². The van der Waals surface area contributed by atoms with Crippen molar-refractivity contribution >= 4 is 15.9 Å². The Labute approximate surface area is 82.6 Å². The molecule has 1 fully saturated rings. The predicted molar refractivity (Wildman–Crippen MR) is 50.7 cm³/mol. The maximum absolute atomic E-state index is 11.0. The molecule has 0 aromatic carbocycles. The van der Waals surface area contributed by atoms with Gasteiger partial charge in [0.2, 0.25) is 0 Å². The number of hydrogen-bond donors (Lipinski definition) is 3. The fourth-order valence-corrected chi connectivity index (χ4v) is 2.99. The molecular weight excluding hydrogens is 208 g/mol. The van der Waals surface area contributed by atoms with E-state index in [0.29, 0.717) is 6.42 Å². The molecule has 0 bridgehead atoms. The lowest BCUT2D eigenvalue weighted by molar-refractivity contribution is 0.231. The van der Waals surface area contributed by atoms with Crippen LogP contribution in [0.25, 0.3) is 0 Å². The van der Waals surface area contributed by atoms with Gasteiger partial charge in [-0.1, -0.05) is 0 Å². The molecule has 14 heavy (non-hydrogen) atoms. The summed E-state index contributed by atoms with van der Waals surface area (Å²) in [4.78, 5) is 11.0. The largest absolute Gasteiger partial charge is 0.395 e. The Morgan fingerprint density at radius 3 is 2.71 bits per heavy atom. The molecule has 1 unspecified atom stereocenters. The van der Waals surface area contributed by atoms with Gasteiger partial charge in [-0.05, 0) is 6.42 Å². The lowest BCUT2D eigenvalue weighted by Crippen LogP contribution is -2.43. The van der Waals surface area contributed by atoms with Gasteiger partial charge in [0.1, 0.15) is 0 Å². The zero-order valence-electron chi connectivity index (χ0n) is 7.69. The average molecular weight is 222 g/mol. The smallest absolute Gasteiger partial charge is 0.315 e. The topological polar surface area (TPSA) is 95.5 Å². The Bertz CT molecular complexity index is 301. The van der Waals surface area contributed by atoms with Crippen LogP contribution in [-0.4, -0.2) is 50.3 Å². The molecule has 1 atom stereocenters. The van der Waals surface area contributed by atoms with Crippen molar-refractivity contribution in [2.45, 2.75) is 12.5 Å². The third kappa shape index (κ3) is 3.51. The van der Waals surface area contributed by atoms with Crippen molar-refractivity contribution in [3.63, 3.8) is 0 Å². The molecule has 1 heterocycles. The Morgan fingerprint density at radius 1 is 1.50 bits per heavy atom. The molecule has 3 N–H and O–H groups in total. The zero-order valence-corrected chi connectivity index (χ0v) is 8.51. The van der Waals surface area contributed by atoms with E-state index >= 15 is 0 Å². The lowest BCUT2D eigenvalue weighted by atomic mass is 10.3. The number of nitrogens with one attached hydrogen (secondary N) is 2. The first-order valence-corrected chi connectivity index (χ1v) is 6.21. The van der Waals surface area contributed by atoms with Crippen LogP contribution in [-0.2, 0) is 9.84 Å². The molecule has 1 aliphatic rings. The Hall–Kier alpha value is -0.820. The zero-order chi connectivity index (χ0) is 10.6. The van der Waals surface area contributed by atoms with Gasteiger partial charge in [-0.15, -0.1) is 0 Å². The molecule has 0 aromatic heterocycles. The number of sulfone groups is 1. The minimum atomic E-state index is -2.95. The maximum Gasteiger partial charge on any atom is 0.315 e. The third-order valence-electron chi connectivity index (χ3n) is 1.97. The van der Waals surface area contributed by atoms with E-state index in [4.69, 9.17) is 5.11 Å². The van der Waals surface area contributed by atoms with Crippen LogP contribution in [0.15, 0.2) is 0 Å². The van der Waals surface area contributed by atoms with Gasteiger partial charge in [0, 0.05) is 12.6 Å². The van der Waals surface area contributed by atoms with Gasteiger partial charge >= 0.3 is 6.03 Å². The number of carbonyl (C=O) groups is 1. The van der Waals surface area contributed by atoms with E-state index in [9.17, 15) is 13.2 Å². The van der Waals surface area contributed by atoms with Crippen LogP contribution >= 0.6 is 0 Å². The molecule has 0 saturated carbocycles. The van der Waals surface area contributed by atoms with E-state index in [2.05, 4.69) is 10.6 Å². The van der Waals surface area contributed by atoms with Crippen LogP contribution in [0.3, 0.4) is 0 Å². The molecule has 0 aromatic rings. The fraction of sp³-hybridized carbons (Fsp3) is 0.857. The monoisotopic (exact) mass is 222 g/mol. The lowest BCUT2D eigenvalue weighted by Gasteiger charge is -2.10. The number of urea groups is 1. The van der Waals surface area contributed by atoms with Gasteiger partial charge in [0.25, 0.3) is 0 Å². The molecule has 0 spiro atoms.